The summed E-state index contributed by atoms with van der Waals surface area (Å²) in [6, 6.07) is 4.17. The first kappa shape index (κ1) is 11.9. The Kier molecular flexibility index (Phi) is 3.58. The maximum atomic E-state index is 11.0. The van der Waals surface area contributed by atoms with E-state index in [2.05, 4.69) is 9.88 Å². The highest BCUT2D eigenvalue weighted by molar-refractivity contribution is 5.92. The molecular formula is C12H18N4O. The van der Waals surface area contributed by atoms with E-state index < -0.39 is 5.91 Å². The molecule has 5 nitrogen and oxygen atoms in total. The number of amides is 1. The summed E-state index contributed by atoms with van der Waals surface area (Å²) >= 11 is 0. The van der Waals surface area contributed by atoms with Crippen LogP contribution in [-0.2, 0) is 0 Å². The molecule has 0 atom stereocenters. The second-order valence-corrected chi connectivity index (χ2v) is 4.34. The standard InChI is InChI=1S/C12H18N4O/c13-6-1-7-16(10-3-4-10)11-5-2-9(8-15-11)12(14)17/h2,5,8,10H,1,3-4,6-7,13H2,(H2,14,17). The molecule has 1 amide bonds. The highest BCUT2D eigenvalue weighted by Gasteiger charge is 2.29. The lowest BCUT2D eigenvalue weighted by Gasteiger charge is -2.23. The van der Waals surface area contributed by atoms with Crippen LogP contribution < -0.4 is 16.4 Å². The summed E-state index contributed by atoms with van der Waals surface area (Å²) in [4.78, 5) is 17.5. The molecule has 1 heterocycles. The zero-order valence-corrected chi connectivity index (χ0v) is 9.80. The number of aromatic nitrogens is 1. The van der Waals surface area contributed by atoms with Gasteiger partial charge >= 0.3 is 0 Å². The molecule has 1 fully saturated rings. The number of hydrogen-bond donors (Lipinski definition) is 2. The number of carbonyl (C=O) groups excluding carboxylic acids is 1. The zero-order valence-electron chi connectivity index (χ0n) is 9.80. The van der Waals surface area contributed by atoms with Crippen LogP contribution in [0.1, 0.15) is 29.6 Å². The fourth-order valence-corrected chi connectivity index (χ4v) is 1.83. The van der Waals surface area contributed by atoms with Crippen LogP contribution in [-0.4, -0.2) is 30.0 Å². The number of anilines is 1. The van der Waals surface area contributed by atoms with Gasteiger partial charge in [0, 0.05) is 18.8 Å². The molecule has 1 aliphatic carbocycles. The van der Waals surface area contributed by atoms with E-state index in [0.717, 1.165) is 18.8 Å². The molecule has 5 heteroatoms. The van der Waals surface area contributed by atoms with Crippen LogP contribution in [0.25, 0.3) is 0 Å². The SMILES string of the molecule is NCCCN(c1ccc(C(N)=O)cn1)C1CC1. The van der Waals surface area contributed by atoms with E-state index in [0.29, 0.717) is 18.2 Å². The lowest BCUT2D eigenvalue weighted by Crippen LogP contribution is -2.29. The van der Waals surface area contributed by atoms with E-state index in [4.69, 9.17) is 11.5 Å². The van der Waals surface area contributed by atoms with Gasteiger partial charge in [0.25, 0.3) is 0 Å². The molecule has 17 heavy (non-hydrogen) atoms. The lowest BCUT2D eigenvalue weighted by atomic mass is 10.2. The second kappa shape index (κ2) is 5.14. The van der Waals surface area contributed by atoms with Gasteiger partial charge in [-0.2, -0.15) is 0 Å². The predicted octanol–water partition coefficient (Wildman–Crippen LogP) is 0.498. The Labute approximate surface area is 101 Å². The molecular weight excluding hydrogens is 216 g/mol. The normalized spacial score (nSPS) is 14.6. The molecule has 1 aliphatic rings. The lowest BCUT2D eigenvalue weighted by molar-refractivity contribution is 0.1000. The van der Waals surface area contributed by atoms with Crippen molar-refractivity contribution in [2.24, 2.45) is 11.5 Å². The summed E-state index contributed by atoms with van der Waals surface area (Å²) < 4.78 is 0. The zero-order chi connectivity index (χ0) is 12.3. The number of nitrogens with two attached hydrogens (primary N) is 2. The molecule has 4 N–H and O–H groups in total. The van der Waals surface area contributed by atoms with Gasteiger partial charge in [-0.05, 0) is 37.9 Å². The third kappa shape index (κ3) is 2.94. The molecule has 0 aliphatic heterocycles. The molecule has 0 saturated heterocycles. The van der Waals surface area contributed by atoms with Crippen LogP contribution in [0.2, 0.25) is 0 Å². The van der Waals surface area contributed by atoms with E-state index in [1.54, 1.807) is 6.07 Å². The van der Waals surface area contributed by atoms with Crippen molar-refractivity contribution in [2.75, 3.05) is 18.0 Å². The molecule has 0 unspecified atom stereocenters. The van der Waals surface area contributed by atoms with E-state index in [1.165, 1.54) is 19.0 Å². The van der Waals surface area contributed by atoms with Gasteiger partial charge in [0.1, 0.15) is 5.82 Å². The Bertz CT molecular complexity index is 386. The van der Waals surface area contributed by atoms with E-state index in [9.17, 15) is 4.79 Å². The third-order valence-corrected chi connectivity index (χ3v) is 2.92. The quantitative estimate of drug-likeness (QED) is 0.750. The first-order valence-electron chi connectivity index (χ1n) is 5.95. The van der Waals surface area contributed by atoms with Crippen LogP contribution >= 0.6 is 0 Å². The van der Waals surface area contributed by atoms with Gasteiger partial charge in [-0.1, -0.05) is 0 Å². The Balaban J connectivity index is 2.09. The van der Waals surface area contributed by atoms with Gasteiger partial charge in [0.2, 0.25) is 5.91 Å². The van der Waals surface area contributed by atoms with E-state index in [1.807, 2.05) is 6.07 Å². The number of pyridine rings is 1. The number of rotatable bonds is 6. The summed E-state index contributed by atoms with van der Waals surface area (Å²) in [6.45, 7) is 1.60. The average molecular weight is 234 g/mol. The topological polar surface area (TPSA) is 85.2 Å². The summed E-state index contributed by atoms with van der Waals surface area (Å²) in [5.41, 5.74) is 11.2. The van der Waals surface area contributed by atoms with Gasteiger partial charge < -0.3 is 16.4 Å². The number of carbonyl (C=O) groups is 1. The van der Waals surface area contributed by atoms with Crippen molar-refractivity contribution in [1.29, 1.82) is 0 Å². The fourth-order valence-electron chi connectivity index (χ4n) is 1.83. The molecule has 0 spiro atoms. The van der Waals surface area contributed by atoms with Crippen LogP contribution in [0.15, 0.2) is 18.3 Å². The third-order valence-electron chi connectivity index (χ3n) is 2.92. The molecule has 1 saturated carbocycles. The first-order valence-corrected chi connectivity index (χ1v) is 5.95. The summed E-state index contributed by atoms with van der Waals surface area (Å²) in [7, 11) is 0. The molecule has 92 valence electrons. The van der Waals surface area contributed by atoms with E-state index >= 15 is 0 Å². The number of nitrogens with zero attached hydrogens (tertiary/aromatic N) is 2. The Morgan fingerprint density at radius 2 is 2.24 bits per heavy atom. The molecule has 1 aromatic heterocycles. The maximum Gasteiger partial charge on any atom is 0.250 e. The second-order valence-electron chi connectivity index (χ2n) is 4.34. The van der Waals surface area contributed by atoms with Crippen molar-refractivity contribution in [3.63, 3.8) is 0 Å². The van der Waals surface area contributed by atoms with Crippen molar-refractivity contribution in [3.05, 3.63) is 23.9 Å². The predicted molar refractivity (Wildman–Crippen MR) is 66.8 cm³/mol. The van der Waals surface area contributed by atoms with Crippen LogP contribution in [0.5, 0.6) is 0 Å². The average Bonchev–Trinajstić information content (AvgIpc) is 3.14. The van der Waals surface area contributed by atoms with Crippen molar-refractivity contribution < 1.29 is 4.79 Å². The van der Waals surface area contributed by atoms with Crippen LogP contribution in [0.3, 0.4) is 0 Å². The summed E-state index contributed by atoms with van der Waals surface area (Å²) in [5.74, 6) is 0.468. The minimum atomic E-state index is -0.441. The van der Waals surface area contributed by atoms with Gasteiger partial charge in [0.15, 0.2) is 0 Å². The maximum absolute atomic E-state index is 11.0. The minimum Gasteiger partial charge on any atom is -0.366 e. The number of hydrogen-bond acceptors (Lipinski definition) is 4. The highest BCUT2D eigenvalue weighted by Crippen LogP contribution is 2.30. The molecule has 0 bridgehead atoms. The summed E-state index contributed by atoms with van der Waals surface area (Å²) in [6.07, 6.45) is 4.92. The van der Waals surface area contributed by atoms with E-state index in [-0.39, 0.29) is 0 Å². The Hall–Kier alpha value is -1.62. The van der Waals surface area contributed by atoms with Gasteiger partial charge in [0.05, 0.1) is 5.56 Å². The Morgan fingerprint density at radius 1 is 1.47 bits per heavy atom. The summed E-state index contributed by atoms with van der Waals surface area (Å²) in [5, 5.41) is 0. The monoisotopic (exact) mass is 234 g/mol. The highest BCUT2D eigenvalue weighted by atomic mass is 16.1. The first-order chi connectivity index (χ1) is 8.22. The smallest absolute Gasteiger partial charge is 0.250 e. The van der Waals surface area contributed by atoms with Gasteiger partial charge in [-0.15, -0.1) is 0 Å². The largest absolute Gasteiger partial charge is 0.366 e. The fraction of sp³-hybridized carbons (Fsp3) is 0.500. The molecule has 2 rings (SSSR count). The molecule has 1 aromatic rings. The number of primary amides is 1. The van der Waals surface area contributed by atoms with Crippen molar-refractivity contribution in [1.82, 2.24) is 4.98 Å². The Morgan fingerprint density at radius 3 is 2.71 bits per heavy atom. The molecule has 0 radical (unpaired) electrons. The van der Waals surface area contributed by atoms with Crippen molar-refractivity contribution >= 4 is 11.7 Å². The van der Waals surface area contributed by atoms with Gasteiger partial charge in [-0.3, -0.25) is 4.79 Å². The van der Waals surface area contributed by atoms with Crippen LogP contribution in [0.4, 0.5) is 5.82 Å². The van der Waals surface area contributed by atoms with Gasteiger partial charge in [-0.25, -0.2) is 4.98 Å². The van der Waals surface area contributed by atoms with Crippen molar-refractivity contribution in [2.45, 2.75) is 25.3 Å². The van der Waals surface area contributed by atoms with Crippen LogP contribution in [0, 0.1) is 0 Å². The minimum absolute atomic E-state index is 0.441. The van der Waals surface area contributed by atoms with Crippen molar-refractivity contribution in [3.8, 4) is 0 Å². The molecule has 0 aromatic carbocycles.